The third kappa shape index (κ3) is 2.86. The summed E-state index contributed by atoms with van der Waals surface area (Å²) < 4.78 is 19.3. The molecule has 0 saturated carbocycles. The summed E-state index contributed by atoms with van der Waals surface area (Å²) in [5.74, 6) is 0. The van der Waals surface area contributed by atoms with Gasteiger partial charge in [0, 0.05) is 0 Å². The highest BCUT2D eigenvalue weighted by Crippen LogP contribution is 1.91. The van der Waals surface area contributed by atoms with Crippen LogP contribution < -0.4 is 0 Å². The summed E-state index contributed by atoms with van der Waals surface area (Å²) in [6.07, 6.45) is 3.05. The Kier molecular flexibility index (Phi) is 4.81. The molecule has 1 heterocycles. The lowest BCUT2D eigenvalue weighted by Gasteiger charge is -1.64. The summed E-state index contributed by atoms with van der Waals surface area (Å²) in [4.78, 5) is 0.431. The fraction of sp³-hybridized carbons (Fsp3) is 0.250. The van der Waals surface area contributed by atoms with Crippen molar-refractivity contribution in [1.82, 2.24) is 0 Å². The van der Waals surface area contributed by atoms with Crippen molar-refractivity contribution in [1.29, 1.82) is 0 Å². The van der Waals surface area contributed by atoms with Crippen molar-refractivity contribution in [2.45, 2.75) is 0 Å². The zero-order chi connectivity index (χ0) is 7.11. The first-order valence-corrected chi connectivity index (χ1v) is 2.79. The van der Waals surface area contributed by atoms with Crippen LogP contribution in [0.25, 0.3) is 0 Å². The minimum Gasteiger partial charge on any atom is -0.255 e. The number of azo groups is 1. The zero-order valence-corrected chi connectivity index (χ0v) is 5.56. The summed E-state index contributed by atoms with van der Waals surface area (Å²) >= 11 is 0.352. The first-order valence-electron chi connectivity index (χ1n) is 2.05. The Hall–Kier alpha value is -0.840. The summed E-state index contributed by atoms with van der Waals surface area (Å²) in [5.41, 5.74) is 0. The summed E-state index contributed by atoms with van der Waals surface area (Å²) in [6.45, 7) is 0. The van der Waals surface area contributed by atoms with Gasteiger partial charge in [0.05, 0.1) is 13.4 Å². The quantitative estimate of drug-likeness (QED) is 0.470. The second-order valence-electron chi connectivity index (χ2n) is 0.953. The zero-order valence-electron chi connectivity index (χ0n) is 4.74. The van der Waals surface area contributed by atoms with Crippen LogP contribution >= 0.6 is 0 Å². The molecule has 0 aliphatic carbocycles. The molecule has 0 N–H and O–H groups in total. The highest BCUT2D eigenvalue weighted by atomic mass is 32.1. The molecule has 0 aromatic heterocycles. The van der Waals surface area contributed by atoms with E-state index >= 15 is 0 Å². The second-order valence-corrected chi connectivity index (χ2v) is 1.54. The minimum absolute atomic E-state index is 0.352. The van der Waals surface area contributed by atoms with Crippen molar-refractivity contribution in [2.75, 3.05) is 7.18 Å². The Bertz CT molecular complexity index is 169. The van der Waals surface area contributed by atoms with Gasteiger partial charge < -0.3 is 0 Å². The Morgan fingerprint density at radius 1 is 1.67 bits per heavy atom. The molecule has 0 radical (unpaired) electrons. The Morgan fingerprint density at radius 3 is 2.56 bits per heavy atom. The van der Waals surface area contributed by atoms with E-state index in [2.05, 4.69) is 10.2 Å². The molecule has 1 aliphatic rings. The molecule has 0 bridgehead atoms. The van der Waals surface area contributed by atoms with E-state index in [1.807, 2.05) is 0 Å². The van der Waals surface area contributed by atoms with E-state index in [1.165, 1.54) is 6.20 Å². The van der Waals surface area contributed by atoms with Gasteiger partial charge in [-0.1, -0.05) is 0 Å². The van der Waals surface area contributed by atoms with Crippen LogP contribution in [0.15, 0.2) is 22.5 Å². The maximum absolute atomic E-state index is 9.81. The minimum atomic E-state index is 0.352. The molecule has 0 unspecified atom stereocenters. The van der Waals surface area contributed by atoms with E-state index in [0.717, 1.165) is 0 Å². The predicted molar refractivity (Wildman–Crippen MR) is 34.2 cm³/mol. The van der Waals surface area contributed by atoms with Crippen molar-refractivity contribution in [3.63, 3.8) is 0 Å². The Balaban J connectivity index is 0.000000291. The fourth-order valence-electron chi connectivity index (χ4n) is 0.265. The highest BCUT2D eigenvalue weighted by molar-refractivity contribution is 7.66. The molecule has 0 amide bonds. The monoisotopic (exact) mass is 148 g/mol. The van der Waals surface area contributed by atoms with Crippen molar-refractivity contribution in [3.05, 3.63) is 12.3 Å². The standard InChI is InChI=1S/C3H2N2OS.CH3F/c6-7-3-1-2-4-5-3;1-2/h1-2H;1H3. The first-order chi connectivity index (χ1) is 4.43. The van der Waals surface area contributed by atoms with Crippen molar-refractivity contribution < 1.29 is 8.60 Å². The largest absolute Gasteiger partial charge is 0.255 e. The smallest absolute Gasteiger partial charge is 0.180 e. The molecule has 0 fully saturated rings. The Labute approximate surface area is 55.4 Å². The number of nitrogens with zero attached hydrogens (tertiary/aromatic N) is 2. The molecule has 9 heavy (non-hydrogen) atoms. The normalized spacial score (nSPS) is 12.9. The van der Waals surface area contributed by atoms with E-state index in [9.17, 15) is 8.60 Å². The van der Waals surface area contributed by atoms with Crippen LogP contribution in [0.5, 0.6) is 0 Å². The average Bonchev–Trinajstić information content (AvgIpc) is 2.43. The molecule has 3 nitrogen and oxygen atoms in total. The maximum atomic E-state index is 9.81. The van der Waals surface area contributed by atoms with E-state index in [-0.39, 0.29) is 0 Å². The molecule has 1 aliphatic heterocycles. The molecule has 0 aromatic carbocycles. The van der Waals surface area contributed by atoms with Crippen LogP contribution in [0, 0.1) is 0 Å². The Morgan fingerprint density at radius 2 is 2.33 bits per heavy atom. The molecule has 1 rings (SSSR count). The first kappa shape index (κ1) is 8.16. The van der Waals surface area contributed by atoms with Gasteiger partial charge in [0.2, 0.25) is 0 Å². The van der Waals surface area contributed by atoms with Crippen LogP contribution in [0.1, 0.15) is 0 Å². The number of hydrogen-bond acceptors (Lipinski definition) is 2. The molecule has 5 heteroatoms. The molecule has 50 valence electrons. The van der Waals surface area contributed by atoms with E-state index in [0.29, 0.717) is 23.4 Å². The van der Waals surface area contributed by atoms with Crippen LogP contribution in [0.3, 0.4) is 0 Å². The van der Waals surface area contributed by atoms with Crippen molar-refractivity contribution in [3.8, 4) is 0 Å². The molecule has 0 spiro atoms. The van der Waals surface area contributed by atoms with Gasteiger partial charge in [-0.25, -0.2) is 4.21 Å². The van der Waals surface area contributed by atoms with E-state index < -0.39 is 0 Å². The second kappa shape index (κ2) is 5.30. The number of rotatable bonds is 0. The molecule has 0 saturated heterocycles. The van der Waals surface area contributed by atoms with Gasteiger partial charge in [0.25, 0.3) is 0 Å². The SMILES string of the molecule is CF.O=S=C1C=CN=N1. The van der Waals surface area contributed by atoms with Crippen LogP contribution in [-0.4, -0.2) is 16.4 Å². The van der Waals surface area contributed by atoms with E-state index in [1.54, 1.807) is 6.08 Å². The number of halogens is 1. The van der Waals surface area contributed by atoms with Crippen molar-refractivity contribution >= 4 is 16.2 Å². The van der Waals surface area contributed by atoms with Gasteiger partial charge >= 0.3 is 0 Å². The fourth-order valence-corrected chi connectivity index (χ4v) is 0.462. The van der Waals surface area contributed by atoms with Crippen LogP contribution in [-0.2, 0) is 11.3 Å². The molecule has 0 atom stereocenters. The lowest BCUT2D eigenvalue weighted by atomic mass is 10.6. The lowest BCUT2D eigenvalue weighted by molar-refractivity contribution is 0.636. The van der Waals surface area contributed by atoms with Crippen molar-refractivity contribution in [2.24, 2.45) is 10.2 Å². The number of alkyl halides is 1. The maximum Gasteiger partial charge on any atom is 0.180 e. The highest BCUT2D eigenvalue weighted by Gasteiger charge is 1.90. The van der Waals surface area contributed by atoms with Gasteiger partial charge in [-0.05, 0) is 6.08 Å². The van der Waals surface area contributed by atoms with Crippen LogP contribution in [0.2, 0.25) is 0 Å². The van der Waals surface area contributed by atoms with Gasteiger partial charge in [0.15, 0.2) is 4.99 Å². The van der Waals surface area contributed by atoms with E-state index in [4.69, 9.17) is 0 Å². The number of hydrogen-bond donors (Lipinski definition) is 0. The molecular formula is C4H5FN2OS. The predicted octanol–water partition coefficient (Wildman–Crippen LogP) is 0.895. The van der Waals surface area contributed by atoms with Crippen LogP contribution in [0.4, 0.5) is 4.39 Å². The molecular weight excluding hydrogens is 143 g/mol. The summed E-state index contributed by atoms with van der Waals surface area (Å²) in [5, 5.41) is 6.86. The van der Waals surface area contributed by atoms with Gasteiger partial charge in [-0.15, -0.1) is 5.11 Å². The van der Waals surface area contributed by atoms with Gasteiger partial charge in [-0.2, -0.15) is 5.11 Å². The topological polar surface area (TPSA) is 41.8 Å². The van der Waals surface area contributed by atoms with Gasteiger partial charge in [-0.3, -0.25) is 4.39 Å². The lowest BCUT2D eigenvalue weighted by Crippen LogP contribution is -1.76. The third-order valence-corrected chi connectivity index (χ3v) is 0.914. The molecule has 0 aromatic rings. The third-order valence-electron chi connectivity index (χ3n) is 0.525. The summed E-state index contributed by atoms with van der Waals surface area (Å²) in [6, 6.07) is 0. The average molecular weight is 148 g/mol. The summed E-state index contributed by atoms with van der Waals surface area (Å²) in [7, 11) is 0.500. The van der Waals surface area contributed by atoms with Gasteiger partial charge in [0.1, 0.15) is 11.3 Å².